The first-order chi connectivity index (χ1) is 16.0. The molecule has 0 spiro atoms. The van der Waals surface area contributed by atoms with Gasteiger partial charge in [0, 0.05) is 17.8 Å². The summed E-state index contributed by atoms with van der Waals surface area (Å²) in [5.74, 6) is 0.742. The SMILES string of the molecule is COC(=O)[C@@H]1Cc2ccccc2CN1C(=O)CSc1nnc(-c2cc3c(s2)CC[C@@H](C)C3)o1. The zero-order chi connectivity index (χ0) is 22.9. The summed E-state index contributed by atoms with van der Waals surface area (Å²) < 4.78 is 10.8. The van der Waals surface area contributed by atoms with Gasteiger partial charge in [0.05, 0.1) is 17.7 Å². The highest BCUT2D eigenvalue weighted by Gasteiger charge is 2.35. The van der Waals surface area contributed by atoms with Crippen LogP contribution in [0.2, 0.25) is 0 Å². The second-order valence-corrected chi connectivity index (χ2v) is 10.7. The number of hydrogen-bond acceptors (Lipinski definition) is 8. The molecule has 0 N–H and O–H groups in total. The Hall–Kier alpha value is -2.65. The van der Waals surface area contributed by atoms with Crippen molar-refractivity contribution < 1.29 is 18.7 Å². The molecule has 0 saturated heterocycles. The molecule has 7 nitrogen and oxygen atoms in total. The molecule has 0 radical (unpaired) electrons. The number of aryl methyl sites for hydroxylation is 1. The van der Waals surface area contributed by atoms with Gasteiger partial charge in [0.1, 0.15) is 6.04 Å². The Balaban J connectivity index is 1.26. The van der Waals surface area contributed by atoms with E-state index in [4.69, 9.17) is 9.15 Å². The lowest BCUT2D eigenvalue weighted by Gasteiger charge is -2.35. The molecule has 0 bridgehead atoms. The molecule has 5 rings (SSSR count). The molecular formula is C24H25N3O4S2. The second kappa shape index (κ2) is 9.30. The quantitative estimate of drug-likeness (QED) is 0.398. The topological polar surface area (TPSA) is 85.5 Å². The van der Waals surface area contributed by atoms with Crippen LogP contribution >= 0.6 is 23.1 Å². The summed E-state index contributed by atoms with van der Waals surface area (Å²) in [6, 6.07) is 9.40. The largest absolute Gasteiger partial charge is 0.467 e. The molecule has 172 valence electrons. The summed E-state index contributed by atoms with van der Waals surface area (Å²) in [4.78, 5) is 29.4. The number of esters is 1. The van der Waals surface area contributed by atoms with Gasteiger partial charge in [-0.2, -0.15) is 0 Å². The molecule has 0 fully saturated rings. The number of thioether (sulfide) groups is 1. The third-order valence-corrected chi connectivity index (χ3v) is 8.34. The van der Waals surface area contributed by atoms with Crippen molar-refractivity contribution in [1.29, 1.82) is 0 Å². The van der Waals surface area contributed by atoms with Gasteiger partial charge < -0.3 is 14.1 Å². The predicted molar refractivity (Wildman–Crippen MR) is 126 cm³/mol. The van der Waals surface area contributed by atoms with E-state index in [9.17, 15) is 9.59 Å². The number of thiophene rings is 1. The fourth-order valence-corrected chi connectivity index (χ4v) is 6.30. The number of fused-ring (bicyclic) bond motifs is 2. The summed E-state index contributed by atoms with van der Waals surface area (Å²) in [6.45, 7) is 2.66. The van der Waals surface area contributed by atoms with Crippen LogP contribution in [0.25, 0.3) is 10.8 Å². The second-order valence-electron chi connectivity index (χ2n) is 8.60. The maximum Gasteiger partial charge on any atom is 0.328 e. The Morgan fingerprint density at radius 1 is 1.21 bits per heavy atom. The Bertz CT molecular complexity index is 1190. The zero-order valence-electron chi connectivity index (χ0n) is 18.6. The van der Waals surface area contributed by atoms with Crippen molar-refractivity contribution in [2.45, 2.75) is 50.4 Å². The standard InChI is InChI=1S/C24H25N3O4S2/c1-14-7-8-19-17(9-14)11-20(33-19)22-25-26-24(31-22)32-13-21(28)27-12-16-6-4-3-5-15(16)10-18(27)23(29)30-2/h3-6,11,14,18H,7-10,12-13H2,1-2H3/t14-,18+/m1/s1. The van der Waals surface area contributed by atoms with Gasteiger partial charge in [-0.25, -0.2) is 4.79 Å². The van der Waals surface area contributed by atoms with Gasteiger partial charge in [0.15, 0.2) is 0 Å². The Morgan fingerprint density at radius 2 is 2.03 bits per heavy atom. The summed E-state index contributed by atoms with van der Waals surface area (Å²) >= 11 is 2.91. The van der Waals surface area contributed by atoms with Gasteiger partial charge in [-0.05, 0) is 47.9 Å². The molecule has 1 aliphatic heterocycles. The Kier molecular flexibility index (Phi) is 6.25. The molecule has 1 aromatic carbocycles. The third kappa shape index (κ3) is 4.56. The van der Waals surface area contributed by atoms with E-state index >= 15 is 0 Å². The van der Waals surface area contributed by atoms with Crippen molar-refractivity contribution in [2.75, 3.05) is 12.9 Å². The number of hydrogen-bond donors (Lipinski definition) is 0. The van der Waals surface area contributed by atoms with Crippen molar-refractivity contribution in [2.24, 2.45) is 5.92 Å². The maximum atomic E-state index is 13.1. The van der Waals surface area contributed by atoms with Gasteiger partial charge in [0.25, 0.3) is 11.1 Å². The lowest BCUT2D eigenvalue weighted by Crippen LogP contribution is -2.49. The maximum absolute atomic E-state index is 13.1. The lowest BCUT2D eigenvalue weighted by atomic mass is 9.90. The van der Waals surface area contributed by atoms with E-state index in [0.29, 0.717) is 30.0 Å². The molecule has 3 heterocycles. The van der Waals surface area contributed by atoms with Gasteiger partial charge in [0.2, 0.25) is 5.91 Å². The number of rotatable bonds is 5. The number of ether oxygens (including phenoxy) is 1. The van der Waals surface area contributed by atoms with Gasteiger partial charge in [-0.1, -0.05) is 43.0 Å². The number of aromatic nitrogens is 2. The summed E-state index contributed by atoms with van der Waals surface area (Å²) in [6.07, 6.45) is 3.86. The van der Waals surface area contributed by atoms with Crippen LogP contribution in [0.5, 0.6) is 0 Å². The average molecular weight is 484 g/mol. The number of nitrogens with zero attached hydrogens (tertiary/aromatic N) is 3. The van der Waals surface area contributed by atoms with Crippen LogP contribution < -0.4 is 0 Å². The fourth-order valence-electron chi connectivity index (χ4n) is 4.52. The number of benzene rings is 1. The lowest BCUT2D eigenvalue weighted by molar-refractivity contribution is -0.153. The van der Waals surface area contributed by atoms with E-state index in [0.717, 1.165) is 28.8 Å². The minimum absolute atomic E-state index is 0.107. The first-order valence-corrected chi connectivity index (χ1v) is 12.8. The van der Waals surface area contributed by atoms with Crippen molar-refractivity contribution >= 4 is 35.0 Å². The van der Waals surface area contributed by atoms with Crippen molar-refractivity contribution in [1.82, 2.24) is 15.1 Å². The molecule has 1 amide bonds. The van der Waals surface area contributed by atoms with Crippen LogP contribution in [0.15, 0.2) is 40.0 Å². The van der Waals surface area contributed by atoms with E-state index < -0.39 is 12.0 Å². The van der Waals surface area contributed by atoms with Crippen LogP contribution in [-0.4, -0.2) is 45.9 Å². The van der Waals surface area contributed by atoms with Crippen LogP contribution in [0, 0.1) is 5.92 Å². The van der Waals surface area contributed by atoms with Crippen molar-refractivity contribution in [3.8, 4) is 10.8 Å². The van der Waals surface area contributed by atoms with E-state index in [2.05, 4.69) is 23.2 Å². The summed E-state index contributed by atoms with van der Waals surface area (Å²) in [7, 11) is 1.35. The van der Waals surface area contributed by atoms with Crippen LogP contribution in [0.3, 0.4) is 0 Å². The molecular weight excluding hydrogens is 458 g/mol. The Labute approximate surface area is 200 Å². The molecule has 2 atom stereocenters. The minimum Gasteiger partial charge on any atom is -0.467 e. The molecule has 0 unspecified atom stereocenters. The van der Waals surface area contributed by atoms with Crippen LogP contribution in [0.4, 0.5) is 0 Å². The minimum atomic E-state index is -0.629. The molecule has 2 aromatic heterocycles. The molecule has 1 aliphatic carbocycles. The van der Waals surface area contributed by atoms with E-state index in [1.54, 1.807) is 16.2 Å². The fraction of sp³-hybridized carbons (Fsp3) is 0.417. The molecule has 2 aliphatic rings. The van der Waals surface area contributed by atoms with E-state index in [1.807, 2.05) is 24.3 Å². The third-order valence-electron chi connectivity index (χ3n) is 6.31. The number of methoxy groups -OCH3 is 1. The molecule has 33 heavy (non-hydrogen) atoms. The molecule has 3 aromatic rings. The average Bonchev–Trinajstić information content (AvgIpc) is 3.47. The molecule has 9 heteroatoms. The smallest absolute Gasteiger partial charge is 0.328 e. The zero-order valence-corrected chi connectivity index (χ0v) is 20.2. The predicted octanol–water partition coefficient (Wildman–Crippen LogP) is 4.14. The highest BCUT2D eigenvalue weighted by Crippen LogP contribution is 2.37. The first kappa shape index (κ1) is 22.2. The van der Waals surface area contributed by atoms with Gasteiger partial charge in [-0.3, -0.25) is 4.79 Å². The number of amides is 1. The summed E-state index contributed by atoms with van der Waals surface area (Å²) in [5, 5.41) is 8.68. The van der Waals surface area contributed by atoms with Gasteiger partial charge in [-0.15, -0.1) is 21.5 Å². The van der Waals surface area contributed by atoms with E-state index in [-0.39, 0.29) is 11.7 Å². The Morgan fingerprint density at radius 3 is 2.85 bits per heavy atom. The van der Waals surface area contributed by atoms with Gasteiger partial charge >= 0.3 is 5.97 Å². The molecule has 0 saturated carbocycles. The van der Waals surface area contributed by atoms with Crippen molar-refractivity contribution in [3.05, 3.63) is 51.9 Å². The number of carbonyl (C=O) groups excluding carboxylic acids is 2. The monoisotopic (exact) mass is 483 g/mol. The highest BCUT2D eigenvalue weighted by atomic mass is 32.2. The number of carbonyl (C=O) groups is 2. The highest BCUT2D eigenvalue weighted by molar-refractivity contribution is 7.99. The van der Waals surface area contributed by atoms with Crippen LogP contribution in [0.1, 0.15) is 34.9 Å². The van der Waals surface area contributed by atoms with E-state index in [1.165, 1.54) is 35.7 Å². The van der Waals surface area contributed by atoms with Crippen LogP contribution in [-0.2, 0) is 40.1 Å². The normalized spacial score (nSPS) is 19.6. The van der Waals surface area contributed by atoms with Crippen molar-refractivity contribution in [3.63, 3.8) is 0 Å². The first-order valence-electron chi connectivity index (χ1n) is 11.0. The summed E-state index contributed by atoms with van der Waals surface area (Å²) in [5.41, 5.74) is 3.50.